The van der Waals surface area contributed by atoms with Gasteiger partial charge in [-0.25, -0.2) is 4.98 Å². The molecule has 1 N–H and O–H groups in total. The Bertz CT molecular complexity index is 806. The van der Waals surface area contributed by atoms with Crippen LogP contribution in [0.15, 0.2) is 24.3 Å². The van der Waals surface area contributed by atoms with E-state index in [1.807, 2.05) is 19.9 Å². The van der Waals surface area contributed by atoms with Crippen molar-refractivity contribution in [1.82, 2.24) is 14.9 Å². The first-order chi connectivity index (χ1) is 13.6. The molecule has 0 spiro atoms. The first kappa shape index (κ1) is 19.0. The largest absolute Gasteiger partial charge is 0.484 e. The number of pyridine rings is 2. The minimum absolute atomic E-state index is 0.268. The molecule has 4 heterocycles. The summed E-state index contributed by atoms with van der Waals surface area (Å²) in [4.78, 5) is 11.7. The number of piperidine rings is 1. The van der Waals surface area contributed by atoms with Crippen molar-refractivity contribution in [3.63, 3.8) is 0 Å². The molecule has 1 fully saturated rings. The highest BCUT2D eigenvalue weighted by atomic mass is 16.6. The van der Waals surface area contributed by atoms with Crippen molar-refractivity contribution in [1.29, 1.82) is 0 Å². The van der Waals surface area contributed by atoms with Gasteiger partial charge in [0.2, 0.25) is 0 Å². The first-order valence-corrected chi connectivity index (χ1v) is 10.3. The van der Waals surface area contributed by atoms with Gasteiger partial charge in [-0.05, 0) is 70.3 Å². The van der Waals surface area contributed by atoms with E-state index in [4.69, 9.17) is 14.5 Å². The van der Waals surface area contributed by atoms with Gasteiger partial charge in [-0.1, -0.05) is 0 Å². The van der Waals surface area contributed by atoms with Crippen molar-refractivity contribution in [2.75, 3.05) is 38.2 Å². The second-order valence-electron chi connectivity index (χ2n) is 7.93. The lowest BCUT2D eigenvalue weighted by atomic mass is 9.96. The highest BCUT2D eigenvalue weighted by molar-refractivity contribution is 5.45. The monoisotopic (exact) mass is 382 g/mol. The number of hydrogen-bond donors (Lipinski definition) is 1. The van der Waals surface area contributed by atoms with Crippen molar-refractivity contribution in [2.45, 2.75) is 39.7 Å². The summed E-state index contributed by atoms with van der Waals surface area (Å²) in [5.41, 5.74) is 4.35. The molecule has 2 atom stereocenters. The normalized spacial score (nSPS) is 20.6. The Morgan fingerprint density at radius 2 is 1.93 bits per heavy atom. The molecule has 6 nitrogen and oxygen atoms in total. The Kier molecular flexibility index (Phi) is 5.67. The average molecular weight is 383 g/mol. The van der Waals surface area contributed by atoms with Crippen LogP contribution in [0.4, 0.5) is 5.69 Å². The van der Waals surface area contributed by atoms with Crippen LogP contribution in [-0.4, -0.2) is 47.7 Å². The van der Waals surface area contributed by atoms with Crippen LogP contribution in [0.3, 0.4) is 0 Å². The summed E-state index contributed by atoms with van der Waals surface area (Å²) >= 11 is 0. The van der Waals surface area contributed by atoms with Gasteiger partial charge in [0.15, 0.2) is 5.75 Å². The van der Waals surface area contributed by atoms with E-state index in [0.717, 1.165) is 42.5 Å². The Morgan fingerprint density at radius 3 is 2.75 bits per heavy atom. The molecular formula is C22H30N4O2. The van der Waals surface area contributed by atoms with Crippen LogP contribution in [0.1, 0.15) is 42.9 Å². The summed E-state index contributed by atoms with van der Waals surface area (Å²) in [5.74, 6) is 2.02. The van der Waals surface area contributed by atoms with E-state index in [2.05, 4.69) is 40.3 Å². The highest BCUT2D eigenvalue weighted by Gasteiger charge is 2.26. The number of aryl methyl sites for hydroxylation is 2. The molecule has 2 aliphatic heterocycles. The van der Waals surface area contributed by atoms with E-state index in [9.17, 15) is 0 Å². The summed E-state index contributed by atoms with van der Waals surface area (Å²) in [6.45, 7) is 10.7. The lowest BCUT2D eigenvalue weighted by Crippen LogP contribution is -2.39. The zero-order chi connectivity index (χ0) is 19.5. The number of aromatic nitrogens is 2. The van der Waals surface area contributed by atoms with Crippen molar-refractivity contribution < 1.29 is 9.47 Å². The molecular weight excluding hydrogens is 352 g/mol. The molecule has 1 saturated heterocycles. The first-order valence-electron chi connectivity index (χ1n) is 10.3. The smallest absolute Gasteiger partial charge is 0.257 e. The maximum absolute atomic E-state index is 5.66. The quantitative estimate of drug-likeness (QED) is 0.850. The summed E-state index contributed by atoms with van der Waals surface area (Å²) in [6, 6.07) is 8.57. The van der Waals surface area contributed by atoms with E-state index in [1.165, 1.54) is 18.5 Å². The third kappa shape index (κ3) is 4.38. The summed E-state index contributed by atoms with van der Waals surface area (Å²) in [6.07, 6.45) is 2.48. The molecule has 2 aromatic heterocycles. The van der Waals surface area contributed by atoms with Crippen LogP contribution in [0.25, 0.3) is 0 Å². The second-order valence-corrected chi connectivity index (χ2v) is 7.93. The van der Waals surface area contributed by atoms with E-state index in [0.29, 0.717) is 25.0 Å². The van der Waals surface area contributed by atoms with Crippen LogP contribution in [0.2, 0.25) is 0 Å². The molecule has 0 amide bonds. The van der Waals surface area contributed by atoms with Gasteiger partial charge in [0.1, 0.15) is 13.2 Å². The molecule has 2 aliphatic rings. The number of anilines is 1. The minimum atomic E-state index is 0.268. The van der Waals surface area contributed by atoms with Crippen LogP contribution < -0.4 is 14.8 Å². The molecule has 0 radical (unpaired) electrons. The molecule has 4 rings (SSSR count). The molecule has 0 aromatic carbocycles. The van der Waals surface area contributed by atoms with E-state index >= 15 is 0 Å². The summed E-state index contributed by atoms with van der Waals surface area (Å²) < 4.78 is 11.3. The fourth-order valence-electron chi connectivity index (χ4n) is 4.18. The Morgan fingerprint density at radius 1 is 1.14 bits per heavy atom. The van der Waals surface area contributed by atoms with Gasteiger partial charge in [0.05, 0.1) is 5.69 Å². The maximum Gasteiger partial charge on any atom is 0.257 e. The predicted molar refractivity (Wildman–Crippen MR) is 110 cm³/mol. The lowest BCUT2D eigenvalue weighted by molar-refractivity contribution is 0.131. The minimum Gasteiger partial charge on any atom is -0.484 e. The number of nitrogens with zero attached hydrogens (tertiary/aromatic N) is 3. The molecule has 28 heavy (non-hydrogen) atoms. The van der Waals surface area contributed by atoms with Gasteiger partial charge in [0, 0.05) is 36.2 Å². The van der Waals surface area contributed by atoms with E-state index in [-0.39, 0.29) is 6.04 Å². The van der Waals surface area contributed by atoms with E-state index < -0.39 is 0 Å². The van der Waals surface area contributed by atoms with Crippen molar-refractivity contribution in [2.24, 2.45) is 5.92 Å². The lowest BCUT2D eigenvalue weighted by Gasteiger charge is -2.37. The van der Waals surface area contributed by atoms with Crippen LogP contribution in [-0.2, 0) is 0 Å². The van der Waals surface area contributed by atoms with Gasteiger partial charge in [-0.3, -0.25) is 9.88 Å². The number of nitrogens with one attached hydrogen (secondary N) is 1. The molecule has 0 saturated carbocycles. The topological polar surface area (TPSA) is 59.5 Å². The Balaban J connectivity index is 1.37. The zero-order valence-corrected chi connectivity index (χ0v) is 17.1. The van der Waals surface area contributed by atoms with Crippen LogP contribution in [0.5, 0.6) is 11.6 Å². The third-order valence-corrected chi connectivity index (χ3v) is 5.63. The van der Waals surface area contributed by atoms with E-state index in [1.54, 1.807) is 0 Å². The van der Waals surface area contributed by atoms with Crippen molar-refractivity contribution >= 4 is 5.69 Å². The zero-order valence-electron chi connectivity index (χ0n) is 17.1. The van der Waals surface area contributed by atoms with Gasteiger partial charge < -0.3 is 14.8 Å². The Hall–Kier alpha value is -2.34. The maximum atomic E-state index is 5.66. The van der Waals surface area contributed by atoms with Gasteiger partial charge in [-0.15, -0.1) is 0 Å². The number of fused-ring (bicyclic) bond motifs is 1. The molecule has 2 unspecified atom stereocenters. The van der Waals surface area contributed by atoms with Gasteiger partial charge in [0.25, 0.3) is 5.88 Å². The number of likely N-dealkylation sites (tertiary alicyclic amines) is 1. The summed E-state index contributed by atoms with van der Waals surface area (Å²) in [7, 11) is 0. The fraction of sp³-hybridized carbons (Fsp3) is 0.545. The van der Waals surface area contributed by atoms with Gasteiger partial charge >= 0.3 is 0 Å². The Labute approximate surface area is 167 Å². The van der Waals surface area contributed by atoms with Gasteiger partial charge in [-0.2, -0.15) is 0 Å². The molecule has 2 aromatic rings. The standard InChI is InChI=1S/C22H30N4O2/c1-15-11-19(12-16(2)24-15)23-13-18-5-4-8-26(14-18)17(3)20-6-7-21-22(25-20)28-10-9-27-21/h6-7,11-12,17-18H,4-5,8-10,13-14H2,1-3H3,(H,23,24). The second kappa shape index (κ2) is 8.35. The van der Waals surface area contributed by atoms with Crippen LogP contribution in [0, 0.1) is 19.8 Å². The molecule has 6 heteroatoms. The average Bonchev–Trinajstić information content (AvgIpc) is 2.71. The SMILES string of the molecule is Cc1cc(NCC2CCCN(C(C)c3ccc4c(n3)OCCO4)C2)cc(C)n1. The molecule has 150 valence electrons. The predicted octanol–water partition coefficient (Wildman–Crippen LogP) is 3.75. The number of hydrogen-bond acceptors (Lipinski definition) is 6. The summed E-state index contributed by atoms with van der Waals surface area (Å²) in [5, 5.41) is 3.62. The van der Waals surface area contributed by atoms with Crippen molar-refractivity contribution in [3.05, 3.63) is 41.3 Å². The number of ether oxygens (including phenoxy) is 2. The van der Waals surface area contributed by atoms with Crippen LogP contribution >= 0.6 is 0 Å². The third-order valence-electron chi connectivity index (χ3n) is 5.63. The van der Waals surface area contributed by atoms with Crippen molar-refractivity contribution in [3.8, 4) is 11.6 Å². The highest BCUT2D eigenvalue weighted by Crippen LogP contribution is 2.32. The fourth-order valence-corrected chi connectivity index (χ4v) is 4.18. The molecule has 0 bridgehead atoms. The molecule has 0 aliphatic carbocycles. The number of rotatable bonds is 5.